The van der Waals surface area contributed by atoms with Crippen LogP contribution in [0.1, 0.15) is 54.9 Å². The number of nitrogens with zero attached hydrogens (tertiary/aromatic N) is 1. The van der Waals surface area contributed by atoms with Crippen LogP contribution in [0.3, 0.4) is 0 Å². The zero-order valence-corrected chi connectivity index (χ0v) is 11.3. The molecule has 1 N–H and O–H groups in total. The molecular formula is C15H22N2O. The van der Waals surface area contributed by atoms with Crippen LogP contribution in [-0.2, 0) is 0 Å². The molecule has 1 amide bonds. The molecule has 1 saturated heterocycles. The average Bonchev–Trinajstić information content (AvgIpc) is 2.40. The normalized spacial score (nSPS) is 16.8. The second kappa shape index (κ2) is 6.01. The first-order chi connectivity index (χ1) is 8.66. The number of hydrogen-bond donors (Lipinski definition) is 1. The molecule has 1 heterocycles. The van der Waals surface area contributed by atoms with Gasteiger partial charge in [-0.2, -0.15) is 0 Å². The first-order valence-electron chi connectivity index (χ1n) is 6.82. The topological polar surface area (TPSA) is 32.3 Å². The van der Waals surface area contributed by atoms with E-state index in [0.717, 1.165) is 18.7 Å². The van der Waals surface area contributed by atoms with Crippen LogP contribution >= 0.6 is 0 Å². The van der Waals surface area contributed by atoms with Gasteiger partial charge in [0.05, 0.1) is 0 Å². The van der Waals surface area contributed by atoms with Crippen LogP contribution in [0.5, 0.6) is 0 Å². The minimum Gasteiger partial charge on any atom is -0.285 e. The summed E-state index contributed by atoms with van der Waals surface area (Å²) < 4.78 is 0. The third-order valence-electron chi connectivity index (χ3n) is 3.46. The average molecular weight is 246 g/mol. The number of benzene rings is 1. The molecule has 1 fully saturated rings. The van der Waals surface area contributed by atoms with Gasteiger partial charge in [0.1, 0.15) is 0 Å². The summed E-state index contributed by atoms with van der Waals surface area (Å²) in [5.74, 6) is 0.511. The van der Waals surface area contributed by atoms with Crippen LogP contribution in [0, 0.1) is 0 Å². The lowest BCUT2D eigenvalue weighted by molar-refractivity contribution is 0.0750. The minimum atomic E-state index is 0.00667. The second-order valence-electron chi connectivity index (χ2n) is 5.27. The van der Waals surface area contributed by atoms with Crippen LogP contribution in [0.25, 0.3) is 0 Å². The van der Waals surface area contributed by atoms with Crippen LogP contribution in [0.4, 0.5) is 0 Å². The van der Waals surface area contributed by atoms with Crippen molar-refractivity contribution in [3.05, 3.63) is 35.4 Å². The number of piperidine rings is 1. The van der Waals surface area contributed by atoms with E-state index in [1.54, 1.807) is 0 Å². The van der Waals surface area contributed by atoms with Gasteiger partial charge >= 0.3 is 0 Å². The van der Waals surface area contributed by atoms with E-state index >= 15 is 0 Å². The van der Waals surface area contributed by atoms with Crippen molar-refractivity contribution in [2.24, 2.45) is 0 Å². The van der Waals surface area contributed by atoms with E-state index in [9.17, 15) is 4.79 Å². The maximum absolute atomic E-state index is 12.0. The van der Waals surface area contributed by atoms with Crippen LogP contribution in [0.15, 0.2) is 24.3 Å². The fourth-order valence-electron chi connectivity index (χ4n) is 2.23. The van der Waals surface area contributed by atoms with Gasteiger partial charge in [-0.05, 0) is 36.5 Å². The van der Waals surface area contributed by atoms with Crippen molar-refractivity contribution in [2.75, 3.05) is 13.1 Å². The molecule has 1 aliphatic rings. The largest absolute Gasteiger partial charge is 0.285 e. The van der Waals surface area contributed by atoms with E-state index < -0.39 is 0 Å². The lowest BCUT2D eigenvalue weighted by Crippen LogP contribution is -2.45. The molecule has 0 unspecified atom stereocenters. The molecule has 18 heavy (non-hydrogen) atoms. The van der Waals surface area contributed by atoms with Gasteiger partial charge in [-0.25, -0.2) is 5.01 Å². The third-order valence-corrected chi connectivity index (χ3v) is 3.46. The Labute approximate surface area is 109 Å². The highest BCUT2D eigenvalue weighted by atomic mass is 16.2. The van der Waals surface area contributed by atoms with E-state index in [4.69, 9.17) is 0 Å². The quantitative estimate of drug-likeness (QED) is 0.889. The van der Waals surface area contributed by atoms with Gasteiger partial charge in [0.25, 0.3) is 5.91 Å². The van der Waals surface area contributed by atoms with Gasteiger partial charge in [0.15, 0.2) is 0 Å². The molecule has 0 saturated carbocycles. The van der Waals surface area contributed by atoms with Gasteiger partial charge < -0.3 is 0 Å². The molecule has 98 valence electrons. The van der Waals surface area contributed by atoms with E-state index in [0.29, 0.717) is 5.92 Å². The number of carbonyl (C=O) groups excluding carboxylic acids is 1. The summed E-state index contributed by atoms with van der Waals surface area (Å²) >= 11 is 0. The Balaban J connectivity index is 1.95. The number of hydrogen-bond acceptors (Lipinski definition) is 2. The molecule has 0 atom stereocenters. The van der Waals surface area contributed by atoms with Crippen molar-refractivity contribution >= 4 is 5.91 Å². The smallest absolute Gasteiger partial charge is 0.265 e. The Morgan fingerprint density at radius 3 is 2.28 bits per heavy atom. The molecule has 1 aromatic rings. The fraction of sp³-hybridized carbons (Fsp3) is 0.533. The van der Waals surface area contributed by atoms with Crippen molar-refractivity contribution in [3.8, 4) is 0 Å². The Hall–Kier alpha value is -1.35. The molecule has 3 heteroatoms. The van der Waals surface area contributed by atoms with Gasteiger partial charge in [-0.1, -0.05) is 32.4 Å². The summed E-state index contributed by atoms with van der Waals surface area (Å²) in [5.41, 5.74) is 4.99. The molecule has 0 aliphatic carbocycles. The summed E-state index contributed by atoms with van der Waals surface area (Å²) in [4.78, 5) is 12.0. The molecule has 0 aromatic heterocycles. The zero-order valence-electron chi connectivity index (χ0n) is 11.3. The van der Waals surface area contributed by atoms with Crippen molar-refractivity contribution in [3.63, 3.8) is 0 Å². The van der Waals surface area contributed by atoms with Gasteiger partial charge in [0, 0.05) is 18.7 Å². The summed E-state index contributed by atoms with van der Waals surface area (Å²) in [6.07, 6.45) is 3.62. The lowest BCUT2D eigenvalue weighted by Gasteiger charge is -2.26. The number of amides is 1. The summed E-state index contributed by atoms with van der Waals surface area (Å²) in [6.45, 7) is 6.25. The van der Waals surface area contributed by atoms with E-state index in [1.165, 1.54) is 24.8 Å². The lowest BCUT2D eigenvalue weighted by atomic mass is 10.0. The van der Waals surface area contributed by atoms with Gasteiger partial charge in [-0.3, -0.25) is 10.2 Å². The Bertz CT molecular complexity index is 391. The molecule has 3 nitrogen and oxygen atoms in total. The highest BCUT2D eigenvalue weighted by Gasteiger charge is 2.13. The molecule has 2 rings (SSSR count). The summed E-state index contributed by atoms with van der Waals surface area (Å²) in [7, 11) is 0. The molecule has 0 radical (unpaired) electrons. The number of nitrogens with one attached hydrogen (secondary N) is 1. The van der Waals surface area contributed by atoms with Crippen LogP contribution in [0.2, 0.25) is 0 Å². The highest BCUT2D eigenvalue weighted by molar-refractivity contribution is 5.93. The Morgan fingerprint density at radius 2 is 1.72 bits per heavy atom. The zero-order chi connectivity index (χ0) is 13.0. The third kappa shape index (κ3) is 3.33. The minimum absolute atomic E-state index is 0.00667. The first-order valence-corrected chi connectivity index (χ1v) is 6.82. The molecule has 1 aliphatic heterocycles. The first kappa shape index (κ1) is 13.1. The summed E-state index contributed by atoms with van der Waals surface area (Å²) in [5, 5.41) is 2.03. The number of hydrazine groups is 1. The van der Waals surface area contributed by atoms with Crippen molar-refractivity contribution in [2.45, 2.75) is 39.0 Å². The second-order valence-corrected chi connectivity index (χ2v) is 5.27. The molecule has 0 spiro atoms. The Morgan fingerprint density at radius 1 is 1.11 bits per heavy atom. The predicted molar refractivity (Wildman–Crippen MR) is 73.4 cm³/mol. The maximum Gasteiger partial charge on any atom is 0.265 e. The molecular weight excluding hydrogens is 224 g/mol. The van der Waals surface area contributed by atoms with E-state index in [1.807, 2.05) is 29.3 Å². The maximum atomic E-state index is 12.0. The SMILES string of the molecule is CC(C)c1ccc(C(=O)NN2CCCCC2)cc1. The van der Waals surface area contributed by atoms with Crippen molar-refractivity contribution in [1.29, 1.82) is 0 Å². The van der Waals surface area contributed by atoms with Crippen LogP contribution < -0.4 is 5.43 Å². The molecule has 1 aromatic carbocycles. The monoisotopic (exact) mass is 246 g/mol. The highest BCUT2D eigenvalue weighted by Crippen LogP contribution is 2.15. The van der Waals surface area contributed by atoms with Gasteiger partial charge in [0.2, 0.25) is 0 Å². The molecule has 0 bridgehead atoms. The standard InChI is InChI=1S/C15H22N2O/c1-12(2)13-6-8-14(9-7-13)15(18)16-17-10-4-3-5-11-17/h6-9,12H,3-5,10-11H2,1-2H3,(H,16,18). The summed E-state index contributed by atoms with van der Waals surface area (Å²) in [6, 6.07) is 7.90. The number of carbonyl (C=O) groups is 1. The number of rotatable bonds is 3. The fourth-order valence-corrected chi connectivity index (χ4v) is 2.23. The predicted octanol–water partition coefficient (Wildman–Crippen LogP) is 2.94. The van der Waals surface area contributed by atoms with Crippen molar-refractivity contribution in [1.82, 2.24) is 10.4 Å². The van der Waals surface area contributed by atoms with Crippen molar-refractivity contribution < 1.29 is 4.79 Å². The Kier molecular flexibility index (Phi) is 4.37. The van der Waals surface area contributed by atoms with E-state index in [-0.39, 0.29) is 5.91 Å². The van der Waals surface area contributed by atoms with Gasteiger partial charge in [-0.15, -0.1) is 0 Å². The van der Waals surface area contributed by atoms with E-state index in [2.05, 4.69) is 19.3 Å². The van der Waals surface area contributed by atoms with Crippen LogP contribution in [-0.4, -0.2) is 24.0 Å².